The highest BCUT2D eigenvalue weighted by molar-refractivity contribution is 5.97. The van der Waals surface area contributed by atoms with Crippen LogP contribution in [0.3, 0.4) is 0 Å². The van der Waals surface area contributed by atoms with Crippen LogP contribution in [0.4, 0.5) is 4.79 Å². The lowest BCUT2D eigenvalue weighted by molar-refractivity contribution is -0.128. The highest BCUT2D eigenvalue weighted by Crippen LogP contribution is 2.44. The molecule has 3 aliphatic heterocycles. The van der Waals surface area contributed by atoms with Gasteiger partial charge in [-0.3, -0.25) is 10.1 Å². The van der Waals surface area contributed by atoms with Gasteiger partial charge in [0, 0.05) is 37.8 Å². The molecule has 2 saturated heterocycles. The first-order valence-corrected chi connectivity index (χ1v) is 12.4. The van der Waals surface area contributed by atoms with E-state index in [1.807, 2.05) is 4.90 Å². The van der Waals surface area contributed by atoms with Gasteiger partial charge in [-0.05, 0) is 49.2 Å². The van der Waals surface area contributed by atoms with Crippen molar-refractivity contribution in [1.29, 1.82) is 0 Å². The van der Waals surface area contributed by atoms with Gasteiger partial charge in [-0.1, -0.05) is 41.5 Å². The second-order valence-corrected chi connectivity index (χ2v) is 10.9. The molecule has 0 bridgehead atoms. The molecule has 3 amide bonds. The molecule has 0 radical (unpaired) electrons. The van der Waals surface area contributed by atoms with Crippen LogP contribution in [0.25, 0.3) is 0 Å². The monoisotopic (exact) mass is 445 g/mol. The van der Waals surface area contributed by atoms with Gasteiger partial charge in [-0.15, -0.1) is 0 Å². The number of carbonyl (C=O) groups excluding carboxylic acids is 2. The molecule has 3 aliphatic rings. The second kappa shape index (κ2) is 10.3. The maximum absolute atomic E-state index is 13.6. The van der Waals surface area contributed by atoms with E-state index < -0.39 is 0 Å². The number of urea groups is 1. The van der Waals surface area contributed by atoms with E-state index in [-0.39, 0.29) is 24.0 Å². The summed E-state index contributed by atoms with van der Waals surface area (Å²) in [5, 5.41) is 9.61. The fraction of sp³-hybridized carbons (Fsp3) is 0.760. The molecule has 2 fully saturated rings. The standard InChI is InChI=1S/C25H43N5O2/c1-15(2)10-19-12-21(24(31)29-9-8-26-20(14-29)11-16(3)4)22-18(7)30(22)23(19)28-25(32)27-13-17(5)6/h12,15-18,20,22,26H,8-11,13-14H2,1-7H3,(H2,27,28,32)/t18?,20-,22?,30?/m0/s1. The predicted octanol–water partition coefficient (Wildman–Crippen LogP) is 3.06. The number of hydrogen-bond donors (Lipinski definition) is 3. The largest absolute Gasteiger partial charge is 0.343 e. The van der Waals surface area contributed by atoms with E-state index in [1.165, 1.54) is 0 Å². The average Bonchev–Trinajstić information content (AvgIpc) is 3.37. The molecule has 32 heavy (non-hydrogen) atoms. The zero-order chi connectivity index (χ0) is 23.6. The van der Waals surface area contributed by atoms with E-state index in [0.717, 1.165) is 49.4 Å². The van der Waals surface area contributed by atoms with E-state index in [2.05, 4.69) is 75.4 Å². The van der Waals surface area contributed by atoms with Gasteiger partial charge < -0.3 is 20.4 Å². The third-order valence-electron chi connectivity index (χ3n) is 6.39. The molecule has 0 saturated carbocycles. The van der Waals surface area contributed by atoms with Crippen molar-refractivity contribution in [1.82, 2.24) is 25.8 Å². The Morgan fingerprint density at radius 1 is 1.12 bits per heavy atom. The molecule has 3 rings (SSSR count). The molecule has 7 heteroatoms. The van der Waals surface area contributed by atoms with Gasteiger partial charge >= 0.3 is 6.03 Å². The lowest BCUT2D eigenvalue weighted by Crippen LogP contribution is -2.53. The van der Waals surface area contributed by atoms with Crippen molar-refractivity contribution < 1.29 is 9.59 Å². The number of hydrogen-bond acceptors (Lipinski definition) is 4. The van der Waals surface area contributed by atoms with Gasteiger partial charge in [0.1, 0.15) is 5.82 Å². The zero-order valence-corrected chi connectivity index (χ0v) is 21.0. The molecule has 0 aromatic heterocycles. The Balaban J connectivity index is 1.81. The van der Waals surface area contributed by atoms with Crippen LogP contribution in [0.2, 0.25) is 0 Å². The van der Waals surface area contributed by atoms with Crippen molar-refractivity contribution >= 4 is 11.9 Å². The van der Waals surface area contributed by atoms with Gasteiger partial charge in [0.2, 0.25) is 0 Å². The zero-order valence-electron chi connectivity index (χ0n) is 21.0. The molecule has 0 aromatic rings. The number of amides is 3. The highest BCUT2D eigenvalue weighted by Gasteiger charge is 2.53. The number of carbonyl (C=O) groups is 2. The minimum absolute atomic E-state index is 0.0530. The third kappa shape index (κ3) is 5.85. The second-order valence-electron chi connectivity index (χ2n) is 10.9. The van der Waals surface area contributed by atoms with Gasteiger partial charge in [0.25, 0.3) is 5.91 Å². The molecule has 180 valence electrons. The van der Waals surface area contributed by atoms with Crippen LogP contribution in [0.5, 0.6) is 0 Å². The van der Waals surface area contributed by atoms with E-state index in [1.54, 1.807) is 0 Å². The van der Waals surface area contributed by atoms with Crippen LogP contribution in [-0.4, -0.2) is 66.0 Å². The number of nitrogens with one attached hydrogen (secondary N) is 3. The molecular weight excluding hydrogens is 402 g/mol. The Kier molecular flexibility index (Phi) is 7.91. The van der Waals surface area contributed by atoms with Crippen LogP contribution in [0, 0.1) is 17.8 Å². The smallest absolute Gasteiger partial charge is 0.320 e. The topological polar surface area (TPSA) is 76.5 Å². The van der Waals surface area contributed by atoms with Crippen molar-refractivity contribution in [3.63, 3.8) is 0 Å². The summed E-state index contributed by atoms with van der Waals surface area (Å²) in [6.45, 7) is 18.1. The maximum Gasteiger partial charge on any atom is 0.320 e. The molecule has 3 N–H and O–H groups in total. The van der Waals surface area contributed by atoms with Crippen LogP contribution < -0.4 is 16.0 Å². The Hall–Kier alpha value is -2.02. The quantitative estimate of drug-likeness (QED) is 0.502. The molecule has 3 atom stereocenters. The normalized spacial score (nSPS) is 25.3. The molecule has 0 spiro atoms. The fourth-order valence-electron chi connectivity index (χ4n) is 4.90. The van der Waals surface area contributed by atoms with E-state index in [9.17, 15) is 9.59 Å². The summed E-state index contributed by atoms with van der Waals surface area (Å²) >= 11 is 0. The SMILES string of the molecule is CC(C)CNC(=O)NC1=C(CC(C)C)C=C(C(=O)N2CCN[C@@H](CC(C)C)C2)C2C(C)N12. The number of nitrogens with zero attached hydrogens (tertiary/aromatic N) is 2. The maximum atomic E-state index is 13.6. The van der Waals surface area contributed by atoms with Crippen LogP contribution in [0.1, 0.15) is 61.3 Å². The van der Waals surface area contributed by atoms with Gasteiger partial charge in [-0.25, -0.2) is 4.79 Å². The minimum Gasteiger partial charge on any atom is -0.343 e. The molecule has 3 heterocycles. The summed E-state index contributed by atoms with van der Waals surface area (Å²) in [5.41, 5.74) is 1.93. The van der Waals surface area contributed by atoms with Crippen molar-refractivity contribution in [3.05, 3.63) is 23.0 Å². The Morgan fingerprint density at radius 2 is 1.84 bits per heavy atom. The number of piperazine rings is 1. The van der Waals surface area contributed by atoms with Crippen molar-refractivity contribution in [2.45, 2.75) is 79.4 Å². The predicted molar refractivity (Wildman–Crippen MR) is 129 cm³/mol. The van der Waals surface area contributed by atoms with Crippen molar-refractivity contribution in [2.75, 3.05) is 26.2 Å². The summed E-state index contributed by atoms with van der Waals surface area (Å²) in [4.78, 5) is 30.3. The summed E-state index contributed by atoms with van der Waals surface area (Å²) in [5.74, 6) is 2.45. The van der Waals surface area contributed by atoms with Crippen LogP contribution in [-0.2, 0) is 4.79 Å². The molecule has 0 aromatic carbocycles. The summed E-state index contributed by atoms with van der Waals surface area (Å²) in [6.07, 6.45) is 3.97. The third-order valence-corrected chi connectivity index (χ3v) is 6.39. The fourth-order valence-corrected chi connectivity index (χ4v) is 4.90. The van der Waals surface area contributed by atoms with E-state index in [4.69, 9.17) is 0 Å². The van der Waals surface area contributed by atoms with E-state index >= 15 is 0 Å². The lowest BCUT2D eigenvalue weighted by Gasteiger charge is -2.35. The highest BCUT2D eigenvalue weighted by atomic mass is 16.2. The van der Waals surface area contributed by atoms with Gasteiger partial charge in [0.05, 0.1) is 12.1 Å². The number of rotatable bonds is 8. The molecular formula is C25H43N5O2. The first kappa shape index (κ1) is 24.6. The number of allylic oxidation sites excluding steroid dienone is 2. The molecule has 0 aliphatic carbocycles. The van der Waals surface area contributed by atoms with E-state index in [0.29, 0.717) is 30.3 Å². The Labute approximate surface area is 194 Å². The van der Waals surface area contributed by atoms with Crippen molar-refractivity contribution in [3.8, 4) is 0 Å². The Bertz CT molecular complexity index is 770. The molecule has 7 nitrogen and oxygen atoms in total. The van der Waals surface area contributed by atoms with Crippen molar-refractivity contribution in [2.24, 2.45) is 17.8 Å². The van der Waals surface area contributed by atoms with Crippen LogP contribution in [0.15, 0.2) is 23.0 Å². The minimum atomic E-state index is -0.172. The Morgan fingerprint density at radius 3 is 2.47 bits per heavy atom. The molecule has 2 unspecified atom stereocenters. The summed E-state index contributed by atoms with van der Waals surface area (Å²) in [7, 11) is 0. The van der Waals surface area contributed by atoms with Gasteiger partial charge in [-0.2, -0.15) is 0 Å². The first-order valence-electron chi connectivity index (χ1n) is 12.4. The average molecular weight is 446 g/mol. The van der Waals surface area contributed by atoms with Gasteiger partial charge in [0.15, 0.2) is 0 Å². The summed E-state index contributed by atoms with van der Waals surface area (Å²) < 4.78 is 0. The number of fused-ring (bicyclic) bond motifs is 1. The lowest BCUT2D eigenvalue weighted by atomic mass is 9.96. The van der Waals surface area contributed by atoms with Crippen LogP contribution >= 0.6 is 0 Å². The summed E-state index contributed by atoms with van der Waals surface area (Å²) in [6, 6.07) is 0.452. The first-order chi connectivity index (χ1) is 15.1.